The molecule has 0 fully saturated rings. The number of benzene rings is 1. The molecule has 0 radical (unpaired) electrons. The van der Waals surface area contributed by atoms with Gasteiger partial charge in [-0.1, -0.05) is 6.08 Å². The van der Waals surface area contributed by atoms with Crippen molar-refractivity contribution in [1.82, 2.24) is 5.32 Å². The summed E-state index contributed by atoms with van der Waals surface area (Å²) >= 11 is 0. The van der Waals surface area contributed by atoms with Crippen LogP contribution < -0.4 is 10.2 Å². The summed E-state index contributed by atoms with van der Waals surface area (Å²) < 4.78 is 5.13. The zero-order chi connectivity index (χ0) is 23.1. The number of hydrogen-bond acceptors (Lipinski definition) is 6. The first kappa shape index (κ1) is 24.3. The number of ketones is 1. The standard InChI is InChI=1S/C20H25N3O7/c1-6-7-15(21-18(25)30-20(2,3)4)17(24)11-9-13-8-10-14(22(5)19(26)27)12-16(13)23(28)29/h6,8-12,15H,1,7H2,2-5H3,(H,21,25)(H,26,27)/t15-/m0/s1. The average Bonchev–Trinajstić information content (AvgIpc) is 2.63. The molecule has 0 unspecified atom stereocenters. The van der Waals surface area contributed by atoms with E-state index in [0.29, 0.717) is 0 Å². The number of carboxylic acid groups (broad SMARTS) is 1. The van der Waals surface area contributed by atoms with Crippen molar-refractivity contribution in [1.29, 1.82) is 0 Å². The van der Waals surface area contributed by atoms with Crippen LogP contribution in [0.4, 0.5) is 21.0 Å². The van der Waals surface area contributed by atoms with Gasteiger partial charge in [0.25, 0.3) is 5.69 Å². The van der Waals surface area contributed by atoms with Crippen LogP contribution in [0, 0.1) is 10.1 Å². The molecule has 0 spiro atoms. The highest BCUT2D eigenvalue weighted by Crippen LogP contribution is 2.26. The largest absolute Gasteiger partial charge is 0.465 e. The smallest absolute Gasteiger partial charge is 0.411 e. The van der Waals surface area contributed by atoms with Gasteiger partial charge in [0, 0.05) is 13.1 Å². The predicted octanol–water partition coefficient (Wildman–Crippen LogP) is 3.76. The molecule has 0 bridgehead atoms. The number of nitrogens with one attached hydrogen (secondary N) is 1. The van der Waals surface area contributed by atoms with Crippen LogP contribution in [0.5, 0.6) is 0 Å². The molecule has 1 aromatic carbocycles. The topological polar surface area (TPSA) is 139 Å². The van der Waals surface area contributed by atoms with E-state index in [1.807, 2.05) is 0 Å². The van der Waals surface area contributed by atoms with Gasteiger partial charge in [0.2, 0.25) is 0 Å². The number of anilines is 1. The third kappa shape index (κ3) is 7.38. The van der Waals surface area contributed by atoms with E-state index in [9.17, 15) is 24.5 Å². The lowest BCUT2D eigenvalue weighted by Crippen LogP contribution is -2.42. The molecule has 2 N–H and O–H groups in total. The lowest BCUT2D eigenvalue weighted by Gasteiger charge is -2.22. The van der Waals surface area contributed by atoms with Crippen molar-refractivity contribution in [2.75, 3.05) is 11.9 Å². The van der Waals surface area contributed by atoms with Crippen molar-refractivity contribution in [2.24, 2.45) is 0 Å². The molecule has 1 atom stereocenters. The number of nitrogens with zero attached hydrogens (tertiary/aromatic N) is 2. The zero-order valence-corrected chi connectivity index (χ0v) is 17.2. The van der Waals surface area contributed by atoms with Crippen LogP contribution in [0.25, 0.3) is 6.08 Å². The van der Waals surface area contributed by atoms with Gasteiger partial charge in [-0.05, 0) is 51.5 Å². The number of nitro benzene ring substituents is 1. The van der Waals surface area contributed by atoms with Gasteiger partial charge in [0.1, 0.15) is 5.60 Å². The summed E-state index contributed by atoms with van der Waals surface area (Å²) in [7, 11) is 1.25. The van der Waals surface area contributed by atoms with Crippen molar-refractivity contribution in [3.63, 3.8) is 0 Å². The van der Waals surface area contributed by atoms with E-state index >= 15 is 0 Å². The SMILES string of the molecule is C=CC[C@H](NC(=O)OC(C)(C)C)C(=O)C=Cc1ccc(N(C)C(=O)O)cc1[N+](=O)[O-]. The first-order valence-corrected chi connectivity index (χ1v) is 8.93. The maximum Gasteiger partial charge on any atom is 0.411 e. The number of nitro groups is 1. The monoisotopic (exact) mass is 419 g/mol. The summed E-state index contributed by atoms with van der Waals surface area (Å²) in [6, 6.07) is 2.86. The number of hydrogen-bond donors (Lipinski definition) is 2. The van der Waals surface area contributed by atoms with E-state index in [4.69, 9.17) is 9.84 Å². The van der Waals surface area contributed by atoms with E-state index in [-0.39, 0.29) is 23.4 Å². The number of ether oxygens (including phenoxy) is 1. The highest BCUT2D eigenvalue weighted by atomic mass is 16.6. The Kier molecular flexibility index (Phi) is 8.27. The molecule has 0 aliphatic heterocycles. The lowest BCUT2D eigenvalue weighted by atomic mass is 10.1. The minimum absolute atomic E-state index is 0.102. The van der Waals surface area contributed by atoms with Crippen molar-refractivity contribution in [2.45, 2.75) is 38.8 Å². The first-order chi connectivity index (χ1) is 13.9. The third-order valence-electron chi connectivity index (χ3n) is 3.75. The number of carbonyl (C=O) groups is 3. The van der Waals surface area contributed by atoms with E-state index < -0.39 is 34.5 Å². The number of carbonyl (C=O) groups excluding carboxylic acids is 2. The Morgan fingerprint density at radius 3 is 2.50 bits per heavy atom. The fraction of sp³-hybridized carbons (Fsp3) is 0.350. The highest BCUT2D eigenvalue weighted by molar-refractivity contribution is 5.99. The number of alkyl carbamates (subject to hydrolysis) is 1. The Bertz CT molecular complexity index is 872. The van der Waals surface area contributed by atoms with Crippen molar-refractivity contribution in [3.05, 3.63) is 52.6 Å². The van der Waals surface area contributed by atoms with E-state index in [1.54, 1.807) is 20.8 Å². The van der Waals surface area contributed by atoms with Crippen LogP contribution in [-0.4, -0.2) is 46.7 Å². The molecule has 0 heterocycles. The van der Waals surface area contributed by atoms with Crippen LogP contribution in [-0.2, 0) is 9.53 Å². The highest BCUT2D eigenvalue weighted by Gasteiger charge is 2.23. The average molecular weight is 419 g/mol. The van der Waals surface area contributed by atoms with Crippen molar-refractivity contribution >= 4 is 35.4 Å². The van der Waals surface area contributed by atoms with Crippen LogP contribution >= 0.6 is 0 Å². The molecule has 0 aliphatic rings. The van der Waals surface area contributed by atoms with Crippen LogP contribution in [0.3, 0.4) is 0 Å². The molecule has 30 heavy (non-hydrogen) atoms. The van der Waals surface area contributed by atoms with Gasteiger partial charge in [0.15, 0.2) is 5.78 Å². The maximum absolute atomic E-state index is 12.5. The quantitative estimate of drug-likeness (QED) is 0.283. The fourth-order valence-electron chi connectivity index (χ4n) is 2.30. The minimum atomic E-state index is -1.27. The van der Waals surface area contributed by atoms with Gasteiger partial charge in [-0.25, -0.2) is 9.59 Å². The minimum Gasteiger partial charge on any atom is -0.465 e. The molecule has 0 aliphatic carbocycles. The number of amides is 2. The molecule has 10 heteroatoms. The summed E-state index contributed by atoms with van der Waals surface area (Å²) in [5.74, 6) is -0.512. The Hall–Kier alpha value is -3.69. The van der Waals surface area contributed by atoms with Crippen molar-refractivity contribution in [3.8, 4) is 0 Å². The Balaban J connectivity index is 3.08. The third-order valence-corrected chi connectivity index (χ3v) is 3.75. The number of rotatable bonds is 8. The van der Waals surface area contributed by atoms with E-state index in [0.717, 1.165) is 17.0 Å². The summed E-state index contributed by atoms with van der Waals surface area (Å²) in [6.45, 7) is 8.60. The molecule has 1 aromatic rings. The van der Waals surface area contributed by atoms with Crippen LogP contribution in [0.1, 0.15) is 32.8 Å². The van der Waals surface area contributed by atoms with Gasteiger partial charge in [0.05, 0.1) is 22.2 Å². The summed E-state index contributed by atoms with van der Waals surface area (Å²) in [5, 5.41) is 22.8. The van der Waals surface area contributed by atoms with Crippen LogP contribution in [0.2, 0.25) is 0 Å². The molecular weight excluding hydrogens is 394 g/mol. The second-order valence-electron chi connectivity index (χ2n) is 7.30. The first-order valence-electron chi connectivity index (χ1n) is 8.93. The van der Waals surface area contributed by atoms with Gasteiger partial charge < -0.3 is 15.2 Å². The summed E-state index contributed by atoms with van der Waals surface area (Å²) in [4.78, 5) is 47.0. The second kappa shape index (κ2) is 10.2. The predicted molar refractivity (Wildman–Crippen MR) is 112 cm³/mol. The molecule has 0 saturated carbocycles. The molecule has 162 valence electrons. The molecular formula is C20H25N3O7. The molecule has 0 aromatic heterocycles. The molecule has 0 saturated heterocycles. The Morgan fingerprint density at radius 2 is 2.00 bits per heavy atom. The van der Waals surface area contributed by atoms with Gasteiger partial charge >= 0.3 is 12.2 Å². The molecule has 2 amide bonds. The van der Waals surface area contributed by atoms with E-state index in [2.05, 4.69) is 11.9 Å². The Morgan fingerprint density at radius 1 is 1.37 bits per heavy atom. The van der Waals surface area contributed by atoms with Gasteiger partial charge in [-0.3, -0.25) is 19.8 Å². The van der Waals surface area contributed by atoms with Gasteiger partial charge in [-0.15, -0.1) is 6.58 Å². The summed E-state index contributed by atoms with van der Waals surface area (Å²) in [5.41, 5.74) is -0.906. The lowest BCUT2D eigenvalue weighted by molar-refractivity contribution is -0.385. The molecule has 10 nitrogen and oxygen atoms in total. The second-order valence-corrected chi connectivity index (χ2v) is 7.30. The normalized spacial score (nSPS) is 12.1. The van der Waals surface area contributed by atoms with E-state index in [1.165, 1.54) is 31.3 Å². The van der Waals surface area contributed by atoms with Gasteiger partial charge in [-0.2, -0.15) is 0 Å². The van der Waals surface area contributed by atoms with Crippen LogP contribution in [0.15, 0.2) is 36.9 Å². The maximum atomic E-state index is 12.5. The summed E-state index contributed by atoms with van der Waals surface area (Å²) in [6.07, 6.45) is 1.87. The van der Waals surface area contributed by atoms with Crippen molar-refractivity contribution < 1.29 is 29.2 Å². The Labute approximate surface area is 174 Å². The molecule has 1 rings (SSSR count). The fourth-order valence-corrected chi connectivity index (χ4v) is 2.30. The zero-order valence-electron chi connectivity index (χ0n) is 17.2.